The van der Waals surface area contributed by atoms with Crippen LogP contribution in [0.5, 0.6) is 5.75 Å². The number of likely N-dealkylation sites (tertiary alicyclic amines) is 1. The molecule has 0 radical (unpaired) electrons. The van der Waals surface area contributed by atoms with E-state index in [4.69, 9.17) is 17.3 Å². The smallest absolute Gasteiger partial charge is 0.404 e. The number of rotatable bonds is 5. The summed E-state index contributed by atoms with van der Waals surface area (Å²) in [6.07, 6.45) is -4.00. The Morgan fingerprint density at radius 1 is 1.30 bits per heavy atom. The molecule has 2 aromatic rings. The summed E-state index contributed by atoms with van der Waals surface area (Å²) in [5.41, 5.74) is 6.73. The van der Waals surface area contributed by atoms with Crippen LogP contribution in [0.2, 0.25) is 5.02 Å². The minimum atomic E-state index is -4.82. The lowest BCUT2D eigenvalue weighted by molar-refractivity contribution is -0.274. The largest absolute Gasteiger partial charge is 0.573 e. The first-order chi connectivity index (χ1) is 14.1. The summed E-state index contributed by atoms with van der Waals surface area (Å²) < 4.78 is 55.6. The topological polar surface area (TPSA) is 62.9 Å². The van der Waals surface area contributed by atoms with E-state index in [0.717, 1.165) is 18.5 Å². The van der Waals surface area contributed by atoms with Gasteiger partial charge in [-0.2, -0.15) is 0 Å². The fraction of sp³-hybridized carbons (Fsp3) is 0.350. The van der Waals surface area contributed by atoms with Crippen LogP contribution in [-0.2, 0) is 0 Å². The molecule has 5 nitrogen and oxygen atoms in total. The summed E-state index contributed by atoms with van der Waals surface area (Å²) in [5.74, 6) is -0.876. The van der Waals surface area contributed by atoms with Gasteiger partial charge in [0.1, 0.15) is 5.82 Å². The highest BCUT2D eigenvalue weighted by molar-refractivity contribution is 6.30. The van der Waals surface area contributed by atoms with Crippen LogP contribution in [0.15, 0.2) is 47.5 Å². The highest BCUT2D eigenvalue weighted by Crippen LogP contribution is 2.37. The number of benzene rings is 2. The zero-order valence-electron chi connectivity index (χ0n) is 16.1. The molecule has 0 bridgehead atoms. The van der Waals surface area contributed by atoms with E-state index in [1.165, 1.54) is 30.3 Å². The first-order valence-corrected chi connectivity index (χ1v) is 9.59. The highest BCUT2D eigenvalue weighted by Gasteiger charge is 2.34. The molecule has 2 unspecified atom stereocenters. The predicted molar refractivity (Wildman–Crippen MR) is 108 cm³/mol. The Bertz CT molecular complexity index is 922. The lowest BCUT2D eigenvalue weighted by atomic mass is 9.94. The summed E-state index contributed by atoms with van der Waals surface area (Å²) >= 11 is 5.78. The van der Waals surface area contributed by atoms with Gasteiger partial charge in [0.2, 0.25) is 0 Å². The molecule has 10 heteroatoms. The van der Waals surface area contributed by atoms with Crippen molar-refractivity contribution in [2.75, 3.05) is 25.5 Å². The lowest BCUT2D eigenvalue weighted by Gasteiger charge is -2.25. The van der Waals surface area contributed by atoms with Gasteiger partial charge in [-0.25, -0.2) is 4.39 Å². The van der Waals surface area contributed by atoms with Gasteiger partial charge in [-0.1, -0.05) is 29.8 Å². The standard InChI is InChI=1S/C20H21ClF4N4O/c1-29-9-8-13(18(29)12-6-7-14(21)15(22)10-12)11-27-19(26)28-16-4-2-3-5-17(16)30-20(23,24)25/h2-7,10,13,18H,8-9,11H2,1H3,(H3,26,27,28). The zero-order chi connectivity index (χ0) is 21.9. The fourth-order valence-corrected chi connectivity index (χ4v) is 3.73. The van der Waals surface area contributed by atoms with Crippen molar-refractivity contribution in [2.45, 2.75) is 18.8 Å². The van der Waals surface area contributed by atoms with E-state index in [0.29, 0.717) is 6.54 Å². The van der Waals surface area contributed by atoms with E-state index in [9.17, 15) is 17.6 Å². The molecule has 1 fully saturated rings. The molecule has 1 saturated heterocycles. The Balaban J connectivity index is 1.71. The summed E-state index contributed by atoms with van der Waals surface area (Å²) in [6.45, 7) is 1.12. The van der Waals surface area contributed by atoms with Crippen molar-refractivity contribution in [1.82, 2.24) is 4.90 Å². The van der Waals surface area contributed by atoms with Gasteiger partial charge in [-0.05, 0) is 55.8 Å². The average molecular weight is 445 g/mol. The maximum atomic E-state index is 13.9. The number of nitrogens with one attached hydrogen (secondary N) is 1. The van der Waals surface area contributed by atoms with E-state index in [1.807, 2.05) is 7.05 Å². The molecule has 162 valence electrons. The molecular weight excluding hydrogens is 424 g/mol. The highest BCUT2D eigenvalue weighted by atomic mass is 35.5. The van der Waals surface area contributed by atoms with Crippen LogP contribution in [0.25, 0.3) is 0 Å². The Kier molecular flexibility index (Phi) is 6.72. The fourth-order valence-electron chi connectivity index (χ4n) is 3.62. The minimum Gasteiger partial charge on any atom is -0.404 e. The first-order valence-electron chi connectivity index (χ1n) is 9.21. The van der Waals surface area contributed by atoms with Crippen molar-refractivity contribution in [1.29, 1.82) is 0 Å². The zero-order valence-corrected chi connectivity index (χ0v) is 16.8. The van der Waals surface area contributed by atoms with Crippen LogP contribution in [-0.4, -0.2) is 37.4 Å². The van der Waals surface area contributed by atoms with E-state index in [1.54, 1.807) is 12.1 Å². The number of alkyl halides is 3. The van der Waals surface area contributed by atoms with Crippen molar-refractivity contribution in [3.8, 4) is 5.75 Å². The molecule has 0 aliphatic carbocycles. The lowest BCUT2D eigenvalue weighted by Crippen LogP contribution is -2.27. The quantitative estimate of drug-likeness (QED) is 0.395. The molecule has 3 rings (SSSR count). The number of anilines is 1. The Morgan fingerprint density at radius 2 is 2.03 bits per heavy atom. The van der Waals surface area contributed by atoms with Gasteiger partial charge in [-0.15, -0.1) is 13.2 Å². The molecule has 2 atom stereocenters. The van der Waals surface area contributed by atoms with Crippen LogP contribution in [0.1, 0.15) is 18.0 Å². The second-order valence-corrected chi connectivity index (χ2v) is 7.45. The third-order valence-corrected chi connectivity index (χ3v) is 5.24. The molecular formula is C20H21ClF4N4O. The molecule has 1 aliphatic heterocycles. The SMILES string of the molecule is CN1CCC(CN=C(N)Nc2ccccc2OC(F)(F)F)C1c1ccc(Cl)c(F)c1. The molecule has 1 heterocycles. The molecule has 0 saturated carbocycles. The Morgan fingerprint density at radius 3 is 2.73 bits per heavy atom. The van der Waals surface area contributed by atoms with Gasteiger partial charge >= 0.3 is 6.36 Å². The molecule has 0 amide bonds. The molecule has 0 aromatic heterocycles. The summed E-state index contributed by atoms with van der Waals surface area (Å²) in [6, 6.07) is 10.2. The number of para-hydroxylation sites is 2. The van der Waals surface area contributed by atoms with Crippen molar-refractivity contribution >= 4 is 23.2 Å². The van der Waals surface area contributed by atoms with Crippen LogP contribution in [0.4, 0.5) is 23.2 Å². The second kappa shape index (κ2) is 9.09. The van der Waals surface area contributed by atoms with Crippen LogP contribution >= 0.6 is 11.6 Å². The van der Waals surface area contributed by atoms with Crippen LogP contribution in [0, 0.1) is 11.7 Å². The number of guanidine groups is 1. The van der Waals surface area contributed by atoms with E-state index in [2.05, 4.69) is 19.9 Å². The third-order valence-electron chi connectivity index (χ3n) is 4.93. The molecule has 0 spiro atoms. The van der Waals surface area contributed by atoms with Crippen molar-refractivity contribution in [3.63, 3.8) is 0 Å². The van der Waals surface area contributed by atoms with E-state index < -0.39 is 17.9 Å². The minimum absolute atomic E-state index is 0.0381. The Labute approximate surface area is 176 Å². The van der Waals surface area contributed by atoms with Gasteiger partial charge in [-0.3, -0.25) is 9.89 Å². The van der Waals surface area contributed by atoms with E-state index in [-0.39, 0.29) is 28.6 Å². The maximum Gasteiger partial charge on any atom is 0.573 e. The predicted octanol–water partition coefficient (Wildman–Crippen LogP) is 4.80. The normalized spacial score (nSPS) is 20.4. The van der Waals surface area contributed by atoms with Gasteiger partial charge in [0.05, 0.1) is 10.7 Å². The average Bonchev–Trinajstić information content (AvgIpc) is 3.03. The maximum absolute atomic E-state index is 13.9. The van der Waals surface area contributed by atoms with Crippen LogP contribution in [0.3, 0.4) is 0 Å². The van der Waals surface area contributed by atoms with Gasteiger partial charge in [0.25, 0.3) is 0 Å². The van der Waals surface area contributed by atoms with Crippen molar-refractivity contribution in [2.24, 2.45) is 16.6 Å². The number of hydrogen-bond donors (Lipinski definition) is 2. The van der Waals surface area contributed by atoms with E-state index >= 15 is 0 Å². The van der Waals surface area contributed by atoms with Gasteiger partial charge < -0.3 is 15.8 Å². The number of nitrogens with zero attached hydrogens (tertiary/aromatic N) is 2. The molecule has 2 aromatic carbocycles. The summed E-state index contributed by atoms with van der Waals surface area (Å²) in [7, 11) is 1.94. The number of halogens is 5. The number of nitrogens with two attached hydrogens (primary N) is 1. The Hall–Kier alpha value is -2.52. The molecule has 1 aliphatic rings. The monoisotopic (exact) mass is 444 g/mol. The third kappa shape index (κ3) is 5.54. The first kappa shape index (κ1) is 22.2. The molecule has 30 heavy (non-hydrogen) atoms. The van der Waals surface area contributed by atoms with Crippen molar-refractivity contribution < 1.29 is 22.3 Å². The van der Waals surface area contributed by atoms with Crippen molar-refractivity contribution in [3.05, 3.63) is 58.9 Å². The van der Waals surface area contributed by atoms with Crippen LogP contribution < -0.4 is 15.8 Å². The second-order valence-electron chi connectivity index (χ2n) is 7.04. The number of ether oxygens (including phenoxy) is 1. The number of hydrogen-bond acceptors (Lipinski definition) is 3. The van der Waals surface area contributed by atoms with Gasteiger partial charge in [0, 0.05) is 12.6 Å². The number of aliphatic imine (C=N–C) groups is 1. The molecule has 3 N–H and O–H groups in total. The summed E-state index contributed by atoms with van der Waals surface area (Å²) in [5, 5.41) is 2.71. The summed E-state index contributed by atoms with van der Waals surface area (Å²) in [4.78, 5) is 6.39. The van der Waals surface area contributed by atoms with Gasteiger partial charge in [0.15, 0.2) is 11.7 Å².